The molecule has 1 aromatic carbocycles. The highest BCUT2D eigenvalue weighted by atomic mass is 16.6. The summed E-state index contributed by atoms with van der Waals surface area (Å²) in [7, 11) is 0. The van der Waals surface area contributed by atoms with Gasteiger partial charge in [0.25, 0.3) is 0 Å². The van der Waals surface area contributed by atoms with Crippen LogP contribution in [0.15, 0.2) is 30.4 Å². The van der Waals surface area contributed by atoms with Crippen molar-refractivity contribution in [3.05, 3.63) is 41.5 Å². The normalized spacial score (nSPS) is 9.79. The van der Waals surface area contributed by atoms with Gasteiger partial charge < -0.3 is 14.6 Å². The van der Waals surface area contributed by atoms with E-state index in [-0.39, 0.29) is 30.1 Å². The number of esters is 2. The fraction of sp³-hybridized carbons (Fsp3) is 0.286. The number of aryl methyl sites for hydroxylation is 1. The first-order valence-corrected chi connectivity index (χ1v) is 5.71. The highest BCUT2D eigenvalue weighted by Gasteiger charge is 2.09. The molecule has 0 aromatic heterocycles. The number of rotatable bonds is 5. The Hall–Kier alpha value is -2.30. The first-order chi connectivity index (χ1) is 8.91. The lowest BCUT2D eigenvalue weighted by molar-refractivity contribution is -0.140. The summed E-state index contributed by atoms with van der Waals surface area (Å²) >= 11 is 0. The summed E-state index contributed by atoms with van der Waals surface area (Å²) in [4.78, 5) is 22.6. The summed E-state index contributed by atoms with van der Waals surface area (Å²) in [5, 5.41) is 9.47. The van der Waals surface area contributed by atoms with Crippen molar-refractivity contribution in [2.75, 3.05) is 13.2 Å². The van der Waals surface area contributed by atoms with Crippen molar-refractivity contribution < 1.29 is 24.2 Å². The van der Waals surface area contributed by atoms with Gasteiger partial charge in [0.15, 0.2) is 0 Å². The molecule has 0 bridgehead atoms. The zero-order valence-electron chi connectivity index (χ0n) is 10.9. The Morgan fingerprint density at radius 3 is 2.47 bits per heavy atom. The van der Waals surface area contributed by atoms with Gasteiger partial charge in [0.2, 0.25) is 0 Å². The zero-order valence-corrected chi connectivity index (χ0v) is 10.9. The van der Waals surface area contributed by atoms with Crippen molar-refractivity contribution in [3.63, 3.8) is 0 Å². The molecule has 0 atom stereocenters. The molecular formula is C14H16O5. The van der Waals surface area contributed by atoms with Crippen molar-refractivity contribution in [1.82, 2.24) is 0 Å². The summed E-state index contributed by atoms with van der Waals surface area (Å²) in [6, 6.07) is 4.50. The van der Waals surface area contributed by atoms with E-state index in [4.69, 9.17) is 9.47 Å². The van der Waals surface area contributed by atoms with Gasteiger partial charge in [-0.05, 0) is 31.5 Å². The lowest BCUT2D eigenvalue weighted by Crippen LogP contribution is -2.14. The molecule has 0 aliphatic carbocycles. The van der Waals surface area contributed by atoms with E-state index in [2.05, 4.69) is 6.58 Å². The van der Waals surface area contributed by atoms with Crippen molar-refractivity contribution in [2.24, 2.45) is 0 Å². The second-order valence-electron chi connectivity index (χ2n) is 4.05. The molecule has 0 unspecified atom stereocenters. The molecular weight excluding hydrogens is 248 g/mol. The van der Waals surface area contributed by atoms with Crippen LogP contribution < -0.4 is 0 Å². The van der Waals surface area contributed by atoms with Gasteiger partial charge >= 0.3 is 11.9 Å². The molecule has 0 saturated heterocycles. The Bertz CT molecular complexity index is 505. The number of phenolic OH excluding ortho intramolecular Hbond substituents is 1. The van der Waals surface area contributed by atoms with Gasteiger partial charge in [-0.15, -0.1) is 0 Å². The summed E-state index contributed by atoms with van der Waals surface area (Å²) in [5.74, 6) is -1.08. The number of aromatic hydroxyl groups is 1. The summed E-state index contributed by atoms with van der Waals surface area (Å²) in [6.07, 6.45) is 0. The van der Waals surface area contributed by atoms with E-state index in [0.29, 0.717) is 5.56 Å². The van der Waals surface area contributed by atoms with E-state index in [9.17, 15) is 14.7 Å². The number of carbonyl (C=O) groups excluding carboxylic acids is 2. The molecule has 0 spiro atoms. The fourth-order valence-corrected chi connectivity index (χ4v) is 1.21. The smallest absolute Gasteiger partial charge is 0.338 e. The van der Waals surface area contributed by atoms with Crippen LogP contribution in [0, 0.1) is 6.92 Å². The van der Waals surface area contributed by atoms with Gasteiger partial charge in [0.1, 0.15) is 19.0 Å². The average molecular weight is 264 g/mol. The van der Waals surface area contributed by atoms with Crippen molar-refractivity contribution in [1.29, 1.82) is 0 Å². The molecule has 0 saturated carbocycles. The molecule has 1 rings (SSSR count). The Labute approximate surface area is 111 Å². The quantitative estimate of drug-likeness (QED) is 0.500. The molecule has 0 radical (unpaired) electrons. The maximum absolute atomic E-state index is 11.6. The number of phenols is 1. The summed E-state index contributed by atoms with van der Waals surface area (Å²) in [6.45, 7) is 6.60. The van der Waals surface area contributed by atoms with Gasteiger partial charge in [0, 0.05) is 5.57 Å². The van der Waals surface area contributed by atoms with Gasteiger partial charge in [-0.1, -0.05) is 12.6 Å². The van der Waals surface area contributed by atoms with Crippen LogP contribution in [0.2, 0.25) is 0 Å². The molecule has 0 fully saturated rings. The minimum absolute atomic E-state index is 0.0307. The monoisotopic (exact) mass is 264 g/mol. The van der Waals surface area contributed by atoms with Crippen LogP contribution >= 0.6 is 0 Å². The SMILES string of the molecule is C=C(C)C(=O)OCCOC(=O)c1ccc(C)c(O)c1. The standard InChI is InChI=1S/C14H16O5/c1-9(2)13(16)18-6-7-19-14(17)11-5-4-10(3)12(15)8-11/h4-5,8,15H,1,6-7H2,2-3H3. The molecule has 0 amide bonds. The molecule has 1 N–H and O–H groups in total. The molecule has 5 nitrogen and oxygen atoms in total. The highest BCUT2D eigenvalue weighted by molar-refractivity contribution is 5.90. The lowest BCUT2D eigenvalue weighted by Gasteiger charge is -2.07. The Morgan fingerprint density at radius 2 is 1.89 bits per heavy atom. The fourth-order valence-electron chi connectivity index (χ4n) is 1.21. The van der Waals surface area contributed by atoms with Gasteiger partial charge in [-0.3, -0.25) is 0 Å². The van der Waals surface area contributed by atoms with E-state index in [1.165, 1.54) is 13.0 Å². The van der Waals surface area contributed by atoms with Crippen LogP contribution in [-0.4, -0.2) is 30.3 Å². The predicted octanol–water partition coefficient (Wildman–Crippen LogP) is 1.98. The van der Waals surface area contributed by atoms with Crippen molar-refractivity contribution in [3.8, 4) is 5.75 Å². The molecule has 0 heterocycles. The number of hydrogen-bond acceptors (Lipinski definition) is 5. The third-order valence-corrected chi connectivity index (χ3v) is 2.34. The van der Waals surface area contributed by atoms with E-state index >= 15 is 0 Å². The number of hydrogen-bond donors (Lipinski definition) is 1. The van der Waals surface area contributed by atoms with Gasteiger partial charge in [0.05, 0.1) is 5.56 Å². The van der Waals surface area contributed by atoms with Crippen LogP contribution in [0.3, 0.4) is 0 Å². The zero-order chi connectivity index (χ0) is 14.4. The Balaban J connectivity index is 2.41. The Morgan fingerprint density at radius 1 is 1.26 bits per heavy atom. The second kappa shape index (κ2) is 6.58. The van der Waals surface area contributed by atoms with Crippen LogP contribution in [0.1, 0.15) is 22.8 Å². The molecule has 102 valence electrons. The van der Waals surface area contributed by atoms with Gasteiger partial charge in [-0.25, -0.2) is 9.59 Å². The van der Waals surface area contributed by atoms with Crippen LogP contribution in [-0.2, 0) is 14.3 Å². The maximum atomic E-state index is 11.6. The molecule has 0 aliphatic rings. The number of carbonyl (C=O) groups is 2. The molecule has 5 heteroatoms. The molecule has 19 heavy (non-hydrogen) atoms. The third kappa shape index (κ3) is 4.46. The minimum atomic E-state index is -0.582. The summed E-state index contributed by atoms with van der Waals surface area (Å²) in [5.41, 5.74) is 1.20. The lowest BCUT2D eigenvalue weighted by atomic mass is 10.1. The molecule has 1 aromatic rings. The van der Waals surface area contributed by atoms with E-state index in [1.807, 2.05) is 0 Å². The minimum Gasteiger partial charge on any atom is -0.508 e. The van der Waals surface area contributed by atoms with Crippen LogP contribution in [0.25, 0.3) is 0 Å². The van der Waals surface area contributed by atoms with Crippen molar-refractivity contribution >= 4 is 11.9 Å². The van der Waals surface area contributed by atoms with E-state index < -0.39 is 11.9 Å². The highest BCUT2D eigenvalue weighted by Crippen LogP contribution is 2.17. The summed E-state index contributed by atoms with van der Waals surface area (Å²) < 4.78 is 9.66. The topological polar surface area (TPSA) is 72.8 Å². The first-order valence-electron chi connectivity index (χ1n) is 5.71. The van der Waals surface area contributed by atoms with Crippen molar-refractivity contribution in [2.45, 2.75) is 13.8 Å². The predicted molar refractivity (Wildman–Crippen MR) is 68.9 cm³/mol. The van der Waals surface area contributed by atoms with Gasteiger partial charge in [-0.2, -0.15) is 0 Å². The second-order valence-corrected chi connectivity index (χ2v) is 4.05. The average Bonchev–Trinajstić information content (AvgIpc) is 2.37. The first kappa shape index (κ1) is 14.8. The third-order valence-electron chi connectivity index (χ3n) is 2.34. The van der Waals surface area contributed by atoms with E-state index in [0.717, 1.165) is 0 Å². The molecule has 0 aliphatic heterocycles. The largest absolute Gasteiger partial charge is 0.508 e. The van der Waals surface area contributed by atoms with Crippen LogP contribution in [0.4, 0.5) is 0 Å². The number of benzene rings is 1. The van der Waals surface area contributed by atoms with Crippen LogP contribution in [0.5, 0.6) is 5.75 Å². The van der Waals surface area contributed by atoms with E-state index in [1.54, 1.807) is 19.1 Å². The Kier molecular flexibility index (Phi) is 5.11. The number of ether oxygens (including phenoxy) is 2. The maximum Gasteiger partial charge on any atom is 0.338 e.